The largest absolute Gasteiger partial charge is 0.384 e. The number of hydrogen-bond acceptors (Lipinski definition) is 5. The Hall–Kier alpha value is -0.950. The second-order valence-electron chi connectivity index (χ2n) is 8.81. The van der Waals surface area contributed by atoms with Crippen molar-refractivity contribution < 1.29 is 14.2 Å². The molecule has 0 bridgehead atoms. The summed E-state index contributed by atoms with van der Waals surface area (Å²) in [5.41, 5.74) is 2.71. The molecule has 1 aliphatic carbocycles. The number of H-pyrrole nitrogens is 1. The van der Waals surface area contributed by atoms with Gasteiger partial charge in [-0.2, -0.15) is 5.10 Å². The topological polar surface area (TPSA) is 59.6 Å². The fourth-order valence-corrected chi connectivity index (χ4v) is 4.67. The van der Waals surface area contributed by atoms with Gasteiger partial charge >= 0.3 is 0 Å². The molecule has 1 N–H and O–H groups in total. The van der Waals surface area contributed by atoms with Crippen molar-refractivity contribution in [3.8, 4) is 0 Å². The van der Waals surface area contributed by atoms with E-state index in [1.54, 1.807) is 0 Å². The molecule has 6 nitrogen and oxygen atoms in total. The standard InChI is InChI=1S/C22H38N3O3/c1-4-25(2)14-20-13-23-24-21(20)19-5-9-22(10-6-19,16-26-3)17-28-15-18-7-11-27-12-8-18/h13,18-19H,1,4-12,14-17H2,2-3H3,(H,23,24). The molecule has 1 aliphatic heterocycles. The van der Waals surface area contributed by atoms with Crippen LogP contribution < -0.4 is 0 Å². The molecule has 159 valence electrons. The predicted molar refractivity (Wildman–Crippen MR) is 110 cm³/mol. The zero-order chi connectivity index (χ0) is 19.8. The van der Waals surface area contributed by atoms with E-state index in [2.05, 4.69) is 35.3 Å². The Bertz CT molecular complexity index is 563. The highest BCUT2D eigenvalue weighted by Gasteiger charge is 2.37. The number of ether oxygens (including phenoxy) is 3. The maximum absolute atomic E-state index is 6.21. The maximum atomic E-state index is 6.21. The molecule has 1 saturated carbocycles. The van der Waals surface area contributed by atoms with E-state index in [9.17, 15) is 0 Å². The van der Waals surface area contributed by atoms with Crippen LogP contribution in [0.4, 0.5) is 0 Å². The van der Waals surface area contributed by atoms with Crippen LogP contribution in [0.2, 0.25) is 0 Å². The van der Waals surface area contributed by atoms with Crippen LogP contribution in [0.3, 0.4) is 0 Å². The molecule has 2 heterocycles. The Morgan fingerprint density at radius 3 is 2.68 bits per heavy atom. The van der Waals surface area contributed by atoms with Crippen molar-refractivity contribution in [2.24, 2.45) is 11.3 Å². The Balaban J connectivity index is 1.52. The van der Waals surface area contributed by atoms with Crippen LogP contribution >= 0.6 is 0 Å². The van der Waals surface area contributed by atoms with Gasteiger partial charge in [-0.1, -0.05) is 0 Å². The van der Waals surface area contributed by atoms with Gasteiger partial charge in [-0.15, -0.1) is 0 Å². The molecule has 2 fully saturated rings. The van der Waals surface area contributed by atoms with Crippen LogP contribution in [0.5, 0.6) is 0 Å². The summed E-state index contributed by atoms with van der Waals surface area (Å²) in [4.78, 5) is 2.22. The third kappa shape index (κ3) is 5.78. The van der Waals surface area contributed by atoms with Crippen molar-refractivity contribution in [3.05, 3.63) is 24.4 Å². The number of nitrogens with one attached hydrogen (secondary N) is 1. The van der Waals surface area contributed by atoms with E-state index in [0.29, 0.717) is 11.8 Å². The zero-order valence-corrected chi connectivity index (χ0v) is 17.8. The third-order valence-corrected chi connectivity index (χ3v) is 6.56. The number of nitrogens with zero attached hydrogens (tertiary/aromatic N) is 2. The minimum atomic E-state index is 0.150. The molecule has 1 aromatic rings. The van der Waals surface area contributed by atoms with Crippen molar-refractivity contribution in [2.45, 2.75) is 51.0 Å². The van der Waals surface area contributed by atoms with Crippen LogP contribution in [-0.4, -0.2) is 68.8 Å². The second kappa shape index (κ2) is 10.7. The van der Waals surface area contributed by atoms with Gasteiger partial charge in [-0.05, 0) is 65.0 Å². The van der Waals surface area contributed by atoms with Gasteiger partial charge < -0.3 is 19.1 Å². The summed E-state index contributed by atoms with van der Waals surface area (Å²) in [6.07, 6.45) is 8.88. The lowest BCUT2D eigenvalue weighted by Crippen LogP contribution is -2.37. The first-order valence-electron chi connectivity index (χ1n) is 10.8. The minimum Gasteiger partial charge on any atom is -0.384 e. The Labute approximate surface area is 170 Å². The summed E-state index contributed by atoms with van der Waals surface area (Å²) in [5, 5.41) is 7.68. The lowest BCUT2D eigenvalue weighted by Gasteiger charge is -2.39. The quantitative estimate of drug-likeness (QED) is 0.661. The van der Waals surface area contributed by atoms with Gasteiger partial charge in [-0.3, -0.25) is 5.10 Å². The molecule has 0 unspecified atom stereocenters. The maximum Gasteiger partial charge on any atom is 0.0697 e. The van der Waals surface area contributed by atoms with E-state index in [1.165, 1.54) is 11.3 Å². The first-order chi connectivity index (χ1) is 13.7. The number of methoxy groups -OCH3 is 1. The van der Waals surface area contributed by atoms with Crippen LogP contribution in [0, 0.1) is 18.3 Å². The highest BCUT2D eigenvalue weighted by Crippen LogP contribution is 2.44. The lowest BCUT2D eigenvalue weighted by molar-refractivity contribution is -0.0513. The fraction of sp³-hybridized carbons (Fsp3) is 0.818. The molecular formula is C22H38N3O3. The molecule has 6 heteroatoms. The van der Waals surface area contributed by atoms with Crippen molar-refractivity contribution >= 4 is 0 Å². The molecule has 3 rings (SSSR count). The molecule has 2 aliphatic rings. The average molecular weight is 393 g/mol. The van der Waals surface area contributed by atoms with E-state index in [4.69, 9.17) is 14.2 Å². The van der Waals surface area contributed by atoms with Crippen LogP contribution in [0.1, 0.15) is 55.7 Å². The SMILES string of the molecule is [CH2]CN(C)Cc1c[nH]nc1C1CCC(COC)(COCC2CCOCC2)CC1. The minimum absolute atomic E-state index is 0.150. The fourth-order valence-electron chi connectivity index (χ4n) is 4.67. The molecule has 1 aromatic heterocycles. The third-order valence-electron chi connectivity index (χ3n) is 6.56. The first-order valence-corrected chi connectivity index (χ1v) is 10.8. The van der Waals surface area contributed by atoms with Gasteiger partial charge in [0.1, 0.15) is 0 Å². The Morgan fingerprint density at radius 2 is 2.00 bits per heavy atom. The van der Waals surface area contributed by atoms with E-state index < -0.39 is 0 Å². The summed E-state index contributed by atoms with van der Waals surface area (Å²) in [6.45, 7) is 9.90. The highest BCUT2D eigenvalue weighted by molar-refractivity contribution is 5.21. The number of aromatic amines is 1. The predicted octanol–water partition coefficient (Wildman–Crippen LogP) is 3.41. The summed E-state index contributed by atoms with van der Waals surface area (Å²) < 4.78 is 17.3. The van der Waals surface area contributed by atoms with Gasteiger partial charge in [0.15, 0.2) is 0 Å². The highest BCUT2D eigenvalue weighted by atomic mass is 16.5. The van der Waals surface area contributed by atoms with E-state index >= 15 is 0 Å². The smallest absolute Gasteiger partial charge is 0.0697 e. The van der Waals surface area contributed by atoms with Crippen molar-refractivity contribution in [1.82, 2.24) is 15.1 Å². The van der Waals surface area contributed by atoms with Gasteiger partial charge in [0, 0.05) is 56.6 Å². The van der Waals surface area contributed by atoms with Gasteiger partial charge in [0.05, 0.1) is 18.9 Å². The molecule has 0 amide bonds. The summed E-state index contributed by atoms with van der Waals surface area (Å²) in [7, 11) is 3.91. The average Bonchev–Trinajstić information content (AvgIpc) is 3.17. The molecule has 1 saturated heterocycles. The molecule has 1 radical (unpaired) electrons. The normalized spacial score (nSPS) is 26.8. The summed E-state index contributed by atoms with van der Waals surface area (Å²) in [6, 6.07) is 0. The van der Waals surface area contributed by atoms with Gasteiger partial charge in [0.2, 0.25) is 0 Å². The van der Waals surface area contributed by atoms with Gasteiger partial charge in [-0.25, -0.2) is 0 Å². The van der Waals surface area contributed by atoms with Gasteiger partial charge in [0.25, 0.3) is 0 Å². The Kier molecular flexibility index (Phi) is 8.33. The van der Waals surface area contributed by atoms with E-state index in [-0.39, 0.29) is 5.41 Å². The first kappa shape index (κ1) is 21.8. The molecule has 0 aromatic carbocycles. The second-order valence-corrected chi connectivity index (χ2v) is 8.81. The van der Waals surface area contributed by atoms with Crippen LogP contribution in [0.15, 0.2) is 6.20 Å². The Morgan fingerprint density at radius 1 is 1.25 bits per heavy atom. The van der Waals surface area contributed by atoms with E-state index in [1.807, 2.05) is 7.11 Å². The van der Waals surface area contributed by atoms with Crippen molar-refractivity contribution in [3.63, 3.8) is 0 Å². The van der Waals surface area contributed by atoms with Crippen LogP contribution in [0.25, 0.3) is 0 Å². The monoisotopic (exact) mass is 392 g/mol. The van der Waals surface area contributed by atoms with Crippen LogP contribution in [-0.2, 0) is 20.8 Å². The number of hydrogen-bond donors (Lipinski definition) is 1. The number of rotatable bonds is 10. The molecular weight excluding hydrogens is 354 g/mol. The van der Waals surface area contributed by atoms with Crippen molar-refractivity contribution in [1.29, 1.82) is 0 Å². The van der Waals surface area contributed by atoms with Crippen molar-refractivity contribution in [2.75, 3.05) is 53.7 Å². The summed E-state index contributed by atoms with van der Waals surface area (Å²) >= 11 is 0. The number of aromatic nitrogens is 2. The molecule has 28 heavy (non-hydrogen) atoms. The lowest BCUT2D eigenvalue weighted by atomic mass is 9.70. The van der Waals surface area contributed by atoms with E-state index in [0.717, 1.165) is 84.6 Å². The summed E-state index contributed by atoms with van der Waals surface area (Å²) in [5.74, 6) is 1.18. The zero-order valence-electron chi connectivity index (χ0n) is 17.8. The molecule has 0 atom stereocenters. The molecule has 0 spiro atoms.